The predicted molar refractivity (Wildman–Crippen MR) is 149 cm³/mol. The lowest BCUT2D eigenvalue weighted by molar-refractivity contribution is -0.159. The highest BCUT2D eigenvalue weighted by Gasteiger charge is 2.51. The molecule has 37 heavy (non-hydrogen) atoms. The fourth-order valence-corrected chi connectivity index (χ4v) is 7.08. The number of anilines is 2. The molecule has 0 bridgehead atoms. The monoisotopic (exact) mass is 565 g/mol. The van der Waals surface area contributed by atoms with Gasteiger partial charge >= 0.3 is 5.97 Å². The zero-order valence-corrected chi connectivity index (χ0v) is 23.5. The molecule has 5 rings (SSSR count). The van der Waals surface area contributed by atoms with Crippen molar-refractivity contribution in [2.24, 2.45) is 11.3 Å². The van der Waals surface area contributed by atoms with Crippen LogP contribution >= 0.6 is 34.8 Å². The van der Waals surface area contributed by atoms with E-state index in [0.717, 1.165) is 44.5 Å². The van der Waals surface area contributed by atoms with E-state index in [1.807, 2.05) is 26.0 Å². The van der Waals surface area contributed by atoms with Crippen LogP contribution in [0.4, 0.5) is 11.8 Å². The number of benzene rings is 1. The van der Waals surface area contributed by atoms with E-state index in [9.17, 15) is 9.90 Å². The van der Waals surface area contributed by atoms with Gasteiger partial charge in [0.25, 0.3) is 0 Å². The molecule has 1 aliphatic carbocycles. The number of halogens is 3. The van der Waals surface area contributed by atoms with Crippen LogP contribution in [0.1, 0.15) is 64.0 Å². The highest BCUT2D eigenvalue weighted by molar-refractivity contribution is 6.35. The Hall–Kier alpha value is -1.80. The van der Waals surface area contributed by atoms with Crippen molar-refractivity contribution in [1.82, 2.24) is 14.9 Å². The van der Waals surface area contributed by atoms with Crippen LogP contribution in [0.5, 0.6) is 0 Å². The fraction of sp³-hybridized carbons (Fsp3) is 0.593. The van der Waals surface area contributed by atoms with Gasteiger partial charge in [0.1, 0.15) is 5.02 Å². The van der Waals surface area contributed by atoms with Gasteiger partial charge in [0.15, 0.2) is 5.82 Å². The Morgan fingerprint density at radius 2 is 1.95 bits per heavy atom. The van der Waals surface area contributed by atoms with Crippen LogP contribution in [-0.4, -0.2) is 57.7 Å². The van der Waals surface area contributed by atoms with Gasteiger partial charge in [-0.15, -0.1) is 0 Å². The van der Waals surface area contributed by atoms with Gasteiger partial charge in [0.2, 0.25) is 5.95 Å². The molecule has 2 aliphatic heterocycles. The number of hydrogen-bond donors (Lipinski definition) is 2. The average molecular weight is 567 g/mol. The highest BCUT2D eigenvalue weighted by Crippen LogP contribution is 2.46. The van der Waals surface area contributed by atoms with Crippen molar-refractivity contribution in [2.75, 3.05) is 29.9 Å². The van der Waals surface area contributed by atoms with Crippen LogP contribution in [-0.2, 0) is 4.79 Å². The molecule has 3 aliphatic rings. The smallest absolute Gasteiger partial charge is 0.309 e. The summed E-state index contributed by atoms with van der Waals surface area (Å²) in [6.45, 7) is 6.74. The summed E-state index contributed by atoms with van der Waals surface area (Å²) < 4.78 is 0. The molecule has 2 aromatic rings. The second-order valence-electron chi connectivity index (χ2n) is 11.1. The summed E-state index contributed by atoms with van der Waals surface area (Å²) in [4.78, 5) is 25.8. The van der Waals surface area contributed by atoms with Gasteiger partial charge in [0.05, 0.1) is 17.7 Å². The lowest BCUT2D eigenvalue weighted by Gasteiger charge is -2.52. The number of aromatic nitrogens is 2. The number of piperidine rings is 1. The first kappa shape index (κ1) is 26.8. The van der Waals surface area contributed by atoms with E-state index in [4.69, 9.17) is 39.8 Å². The predicted octanol–water partition coefficient (Wildman–Crippen LogP) is 6.54. The standard InChI is InChI=1S/C27H34Cl3N5O2/c1-16(20-7-6-18(28)11-21(20)29)32-24-22(30)14-31-26(33-24)34-10-8-17(15-34)23-5-3-4-9-35(23)19-12-27(2,13-19)25(36)37/h6-7,11,14,16-17,19,23H,3-5,8-10,12-13,15H2,1-2H3,(H,36,37)(H,31,32,33)/t16-,17?,19?,23?,27?/m1/s1. The summed E-state index contributed by atoms with van der Waals surface area (Å²) in [5.74, 6) is 1.10. The Balaban J connectivity index is 1.26. The minimum Gasteiger partial charge on any atom is -0.481 e. The molecule has 0 radical (unpaired) electrons. The second-order valence-corrected chi connectivity index (χ2v) is 12.4. The summed E-state index contributed by atoms with van der Waals surface area (Å²) in [7, 11) is 0. The molecule has 3 fully saturated rings. The molecule has 200 valence electrons. The maximum Gasteiger partial charge on any atom is 0.309 e. The van der Waals surface area contributed by atoms with Gasteiger partial charge in [-0.25, -0.2) is 4.98 Å². The molecule has 7 nitrogen and oxygen atoms in total. The van der Waals surface area contributed by atoms with Crippen molar-refractivity contribution in [1.29, 1.82) is 0 Å². The maximum absolute atomic E-state index is 11.6. The minimum atomic E-state index is -0.665. The molecule has 2 N–H and O–H groups in total. The van der Waals surface area contributed by atoms with E-state index in [1.54, 1.807) is 12.3 Å². The van der Waals surface area contributed by atoms with E-state index in [-0.39, 0.29) is 6.04 Å². The second kappa shape index (κ2) is 10.8. The van der Waals surface area contributed by atoms with Gasteiger partial charge in [-0.2, -0.15) is 4.98 Å². The topological polar surface area (TPSA) is 81.6 Å². The lowest BCUT2D eigenvalue weighted by Crippen LogP contribution is -2.58. The zero-order valence-electron chi connectivity index (χ0n) is 21.3. The number of carboxylic acid groups (broad SMARTS) is 1. The highest BCUT2D eigenvalue weighted by atomic mass is 35.5. The first-order valence-corrected chi connectivity index (χ1v) is 14.3. The Labute approximate surface area is 233 Å². The molecule has 3 heterocycles. The molecule has 1 aromatic heterocycles. The van der Waals surface area contributed by atoms with Crippen molar-refractivity contribution >= 4 is 52.5 Å². The third-order valence-corrected chi connectivity index (χ3v) is 9.35. The van der Waals surface area contributed by atoms with E-state index in [0.29, 0.717) is 44.8 Å². The van der Waals surface area contributed by atoms with Crippen LogP contribution in [0, 0.1) is 11.3 Å². The molecule has 2 saturated heterocycles. The van der Waals surface area contributed by atoms with Gasteiger partial charge in [0, 0.05) is 35.2 Å². The largest absolute Gasteiger partial charge is 0.481 e. The number of likely N-dealkylation sites (tertiary alicyclic amines) is 1. The van der Waals surface area contributed by atoms with E-state index >= 15 is 0 Å². The number of aliphatic carboxylic acids is 1. The minimum absolute atomic E-state index is 0.119. The number of nitrogens with zero attached hydrogens (tertiary/aromatic N) is 4. The summed E-state index contributed by atoms with van der Waals surface area (Å²) in [5.41, 5.74) is 0.346. The third kappa shape index (κ3) is 5.51. The molecule has 3 atom stereocenters. The third-order valence-electron chi connectivity index (χ3n) is 8.52. The Morgan fingerprint density at radius 1 is 1.16 bits per heavy atom. The summed E-state index contributed by atoms with van der Waals surface area (Å²) in [5, 5.41) is 14.6. The van der Waals surface area contributed by atoms with E-state index in [2.05, 4.69) is 20.1 Å². The van der Waals surface area contributed by atoms with Crippen LogP contribution in [0.3, 0.4) is 0 Å². The Bertz CT molecular complexity index is 1160. The summed E-state index contributed by atoms with van der Waals surface area (Å²) in [6.07, 6.45) is 7.84. The first-order chi connectivity index (χ1) is 17.6. The van der Waals surface area contributed by atoms with Gasteiger partial charge < -0.3 is 15.3 Å². The summed E-state index contributed by atoms with van der Waals surface area (Å²) >= 11 is 18.9. The van der Waals surface area contributed by atoms with Crippen LogP contribution in [0.25, 0.3) is 0 Å². The number of hydrogen-bond acceptors (Lipinski definition) is 6. The number of carbonyl (C=O) groups is 1. The fourth-order valence-electron chi connectivity index (χ4n) is 6.36. The van der Waals surface area contributed by atoms with Crippen molar-refractivity contribution in [3.63, 3.8) is 0 Å². The quantitative estimate of drug-likeness (QED) is 0.394. The molecular formula is C27H34Cl3N5O2. The lowest BCUT2D eigenvalue weighted by atomic mass is 9.65. The van der Waals surface area contributed by atoms with Crippen molar-refractivity contribution in [2.45, 2.75) is 70.5 Å². The number of carboxylic acids is 1. The molecule has 10 heteroatoms. The van der Waals surface area contributed by atoms with E-state index in [1.165, 1.54) is 19.3 Å². The zero-order chi connectivity index (χ0) is 26.3. The Kier molecular flexibility index (Phi) is 7.79. The maximum atomic E-state index is 11.6. The molecule has 1 saturated carbocycles. The molecule has 0 amide bonds. The molecule has 1 aromatic carbocycles. The molecular weight excluding hydrogens is 533 g/mol. The van der Waals surface area contributed by atoms with Crippen molar-refractivity contribution in [3.05, 3.63) is 45.0 Å². The Morgan fingerprint density at radius 3 is 2.68 bits per heavy atom. The van der Waals surface area contributed by atoms with Crippen molar-refractivity contribution in [3.8, 4) is 0 Å². The van der Waals surface area contributed by atoms with Gasteiger partial charge in [-0.3, -0.25) is 9.69 Å². The molecule has 0 spiro atoms. The molecule has 2 unspecified atom stereocenters. The van der Waals surface area contributed by atoms with Gasteiger partial charge in [-0.05, 0) is 76.1 Å². The number of rotatable bonds is 7. The number of nitrogens with one attached hydrogen (secondary N) is 1. The van der Waals surface area contributed by atoms with Crippen molar-refractivity contribution < 1.29 is 9.90 Å². The van der Waals surface area contributed by atoms with Crippen LogP contribution in [0.15, 0.2) is 24.4 Å². The SMILES string of the molecule is C[C@@H](Nc1nc(N2CCC(C3CCCCN3C3CC(C)(C(=O)O)C3)C2)ncc1Cl)c1ccc(Cl)cc1Cl. The first-order valence-electron chi connectivity index (χ1n) is 13.1. The van der Waals surface area contributed by atoms with E-state index < -0.39 is 11.4 Å². The van der Waals surface area contributed by atoms with Gasteiger partial charge in [-0.1, -0.05) is 47.3 Å². The summed E-state index contributed by atoms with van der Waals surface area (Å²) in [6, 6.07) is 6.20. The average Bonchev–Trinajstić information content (AvgIpc) is 3.33. The normalized spacial score (nSPS) is 29.1. The van der Waals surface area contributed by atoms with Crippen LogP contribution < -0.4 is 10.2 Å². The van der Waals surface area contributed by atoms with Crippen LogP contribution in [0.2, 0.25) is 15.1 Å².